The molecule has 1 amide bonds. The Labute approximate surface area is 193 Å². The third-order valence-corrected chi connectivity index (χ3v) is 6.17. The van der Waals surface area contributed by atoms with Crippen molar-refractivity contribution in [1.29, 1.82) is 0 Å². The number of rotatable bonds is 6. The molecular formula is C26H29NO6. The van der Waals surface area contributed by atoms with Crippen molar-refractivity contribution in [2.45, 2.75) is 39.7 Å². The van der Waals surface area contributed by atoms with Gasteiger partial charge in [-0.05, 0) is 61.2 Å². The number of Topliss-reactive ketones (excluding diaryl/α,β-unsaturated/α-hetero) is 1. The number of hydrogen-bond acceptors (Lipinski definition) is 6. The van der Waals surface area contributed by atoms with Gasteiger partial charge in [0.05, 0.1) is 18.7 Å². The molecule has 1 fully saturated rings. The van der Waals surface area contributed by atoms with Crippen LogP contribution in [0.2, 0.25) is 0 Å². The fourth-order valence-corrected chi connectivity index (χ4v) is 4.43. The number of aryl methyl sites for hydroxylation is 2. The summed E-state index contributed by atoms with van der Waals surface area (Å²) in [7, 11) is 1.59. The molecule has 7 heteroatoms. The number of fused-ring (bicyclic) bond motifs is 1. The highest BCUT2D eigenvalue weighted by atomic mass is 16.6. The predicted molar refractivity (Wildman–Crippen MR) is 124 cm³/mol. The van der Waals surface area contributed by atoms with Crippen molar-refractivity contribution in [3.8, 4) is 17.2 Å². The van der Waals surface area contributed by atoms with E-state index in [9.17, 15) is 14.7 Å². The van der Waals surface area contributed by atoms with Gasteiger partial charge in [0.25, 0.3) is 11.7 Å². The van der Waals surface area contributed by atoms with E-state index in [0.717, 1.165) is 24.0 Å². The van der Waals surface area contributed by atoms with Crippen LogP contribution in [0.4, 0.5) is 0 Å². The van der Waals surface area contributed by atoms with Crippen molar-refractivity contribution in [3.63, 3.8) is 0 Å². The topological polar surface area (TPSA) is 85.3 Å². The minimum absolute atomic E-state index is 0.0837. The number of carbonyl (C=O) groups is 2. The van der Waals surface area contributed by atoms with Gasteiger partial charge in [-0.3, -0.25) is 9.59 Å². The molecule has 0 bridgehead atoms. The zero-order valence-electron chi connectivity index (χ0n) is 19.4. The zero-order valence-corrected chi connectivity index (χ0v) is 19.4. The number of aliphatic hydroxyl groups excluding tert-OH is 1. The van der Waals surface area contributed by atoms with Crippen molar-refractivity contribution < 1.29 is 28.9 Å². The van der Waals surface area contributed by atoms with Gasteiger partial charge in [0.2, 0.25) is 0 Å². The molecule has 0 radical (unpaired) electrons. The molecule has 33 heavy (non-hydrogen) atoms. The van der Waals surface area contributed by atoms with E-state index in [-0.39, 0.29) is 11.3 Å². The van der Waals surface area contributed by atoms with Crippen LogP contribution in [0.5, 0.6) is 17.2 Å². The van der Waals surface area contributed by atoms with Gasteiger partial charge in [-0.25, -0.2) is 0 Å². The molecular weight excluding hydrogens is 422 g/mol. The molecule has 174 valence electrons. The average molecular weight is 452 g/mol. The summed E-state index contributed by atoms with van der Waals surface area (Å²) in [6.45, 7) is 7.04. The van der Waals surface area contributed by atoms with Crippen molar-refractivity contribution in [1.82, 2.24) is 4.90 Å². The lowest BCUT2D eigenvalue weighted by atomic mass is 9.92. The van der Waals surface area contributed by atoms with E-state index in [1.165, 1.54) is 0 Å². The largest absolute Gasteiger partial charge is 0.507 e. The second-order valence-corrected chi connectivity index (χ2v) is 8.39. The van der Waals surface area contributed by atoms with E-state index >= 15 is 0 Å². The van der Waals surface area contributed by atoms with Gasteiger partial charge in [0.1, 0.15) is 24.7 Å². The number of aliphatic hydroxyl groups is 1. The Morgan fingerprint density at radius 1 is 1.09 bits per heavy atom. The lowest BCUT2D eigenvalue weighted by molar-refractivity contribution is -0.139. The summed E-state index contributed by atoms with van der Waals surface area (Å²) >= 11 is 0. The van der Waals surface area contributed by atoms with E-state index in [2.05, 4.69) is 0 Å². The monoisotopic (exact) mass is 451 g/mol. The van der Waals surface area contributed by atoms with Gasteiger partial charge in [-0.1, -0.05) is 19.4 Å². The Kier molecular flexibility index (Phi) is 6.31. The Morgan fingerprint density at radius 2 is 1.82 bits per heavy atom. The molecule has 7 nitrogen and oxygen atoms in total. The molecule has 1 saturated heterocycles. The van der Waals surface area contributed by atoms with E-state index in [4.69, 9.17) is 14.2 Å². The van der Waals surface area contributed by atoms with Crippen LogP contribution in [0, 0.1) is 13.8 Å². The van der Waals surface area contributed by atoms with Crippen molar-refractivity contribution in [2.24, 2.45) is 0 Å². The van der Waals surface area contributed by atoms with Crippen LogP contribution >= 0.6 is 0 Å². The minimum Gasteiger partial charge on any atom is -0.507 e. The molecule has 4 rings (SSSR count). The maximum atomic E-state index is 13.2. The Balaban J connectivity index is 1.88. The standard InChI is InChI=1S/C26H29NO6/c1-5-6-9-27-23(17-7-8-19-21(14-17)33-11-10-32-19)22(25(29)26(27)30)24(28)18-12-16(3)20(31-4)13-15(18)2/h7-8,12-14,23,28H,5-6,9-11H2,1-4H3/b24-22+. The molecule has 0 aliphatic carbocycles. The summed E-state index contributed by atoms with van der Waals surface area (Å²) in [5, 5.41) is 11.4. The first-order chi connectivity index (χ1) is 15.9. The lowest BCUT2D eigenvalue weighted by Crippen LogP contribution is -2.30. The molecule has 1 atom stereocenters. The smallest absolute Gasteiger partial charge is 0.295 e. The highest BCUT2D eigenvalue weighted by Gasteiger charge is 2.46. The number of methoxy groups -OCH3 is 1. The van der Waals surface area contributed by atoms with E-state index in [0.29, 0.717) is 48.1 Å². The number of carbonyl (C=O) groups excluding carboxylic acids is 2. The lowest BCUT2D eigenvalue weighted by Gasteiger charge is -2.27. The molecule has 2 aliphatic rings. The van der Waals surface area contributed by atoms with Gasteiger partial charge in [0, 0.05) is 12.1 Å². The number of likely N-dealkylation sites (tertiary alicyclic amines) is 1. The highest BCUT2D eigenvalue weighted by Crippen LogP contribution is 2.43. The zero-order chi connectivity index (χ0) is 23.7. The SMILES string of the molecule is CCCCN1C(=O)C(=O)/C(=C(/O)c2cc(C)c(OC)cc2C)C1c1ccc2c(c1)OCCO2. The number of amides is 1. The fraction of sp³-hybridized carbons (Fsp3) is 0.385. The highest BCUT2D eigenvalue weighted by molar-refractivity contribution is 6.46. The third kappa shape index (κ3) is 4.03. The second kappa shape index (κ2) is 9.17. The van der Waals surface area contributed by atoms with Gasteiger partial charge >= 0.3 is 0 Å². The summed E-state index contributed by atoms with van der Waals surface area (Å²) in [6.07, 6.45) is 1.61. The average Bonchev–Trinajstić information content (AvgIpc) is 3.07. The molecule has 1 unspecified atom stereocenters. The van der Waals surface area contributed by atoms with Crippen LogP contribution in [0.25, 0.3) is 5.76 Å². The number of ether oxygens (including phenoxy) is 3. The van der Waals surface area contributed by atoms with Crippen LogP contribution < -0.4 is 14.2 Å². The van der Waals surface area contributed by atoms with Crippen molar-refractivity contribution >= 4 is 17.4 Å². The predicted octanol–water partition coefficient (Wildman–Crippen LogP) is 4.31. The van der Waals surface area contributed by atoms with Crippen LogP contribution in [0.3, 0.4) is 0 Å². The van der Waals surface area contributed by atoms with Crippen LogP contribution in [-0.2, 0) is 9.59 Å². The molecule has 1 N–H and O–H groups in total. The summed E-state index contributed by atoms with van der Waals surface area (Å²) < 4.78 is 16.7. The first-order valence-electron chi connectivity index (χ1n) is 11.2. The molecule has 2 aromatic rings. The van der Waals surface area contributed by atoms with Crippen LogP contribution in [0.1, 0.15) is 48.1 Å². The van der Waals surface area contributed by atoms with Crippen LogP contribution in [-0.4, -0.2) is 48.6 Å². The normalized spacial score (nSPS) is 19.2. The first kappa shape index (κ1) is 22.7. The molecule has 0 aromatic heterocycles. The Bertz CT molecular complexity index is 1140. The molecule has 2 aliphatic heterocycles. The molecule has 2 heterocycles. The molecule has 0 spiro atoms. The van der Waals surface area contributed by atoms with Gasteiger partial charge in [-0.2, -0.15) is 0 Å². The summed E-state index contributed by atoms with van der Waals surface area (Å²) in [5.41, 5.74) is 2.85. The van der Waals surface area contributed by atoms with Gasteiger partial charge < -0.3 is 24.2 Å². The maximum absolute atomic E-state index is 13.2. The number of hydrogen-bond donors (Lipinski definition) is 1. The second-order valence-electron chi connectivity index (χ2n) is 8.39. The first-order valence-corrected chi connectivity index (χ1v) is 11.2. The summed E-state index contributed by atoms with van der Waals surface area (Å²) in [5.74, 6) is 0.406. The van der Waals surface area contributed by atoms with E-state index in [1.807, 2.05) is 32.9 Å². The molecule has 0 saturated carbocycles. The quantitative estimate of drug-likeness (QED) is 0.400. The van der Waals surface area contributed by atoms with Gasteiger partial charge in [-0.15, -0.1) is 0 Å². The van der Waals surface area contributed by atoms with E-state index in [1.54, 1.807) is 30.2 Å². The van der Waals surface area contributed by atoms with Crippen LogP contribution in [0.15, 0.2) is 35.9 Å². The number of ketones is 1. The molecule has 2 aromatic carbocycles. The summed E-state index contributed by atoms with van der Waals surface area (Å²) in [6, 6.07) is 8.29. The van der Waals surface area contributed by atoms with Gasteiger partial charge in [0.15, 0.2) is 11.5 Å². The minimum atomic E-state index is -0.714. The maximum Gasteiger partial charge on any atom is 0.295 e. The van der Waals surface area contributed by atoms with Crippen molar-refractivity contribution in [2.75, 3.05) is 26.9 Å². The van der Waals surface area contributed by atoms with E-state index < -0.39 is 17.7 Å². The Hall–Kier alpha value is -3.48. The number of unbranched alkanes of at least 4 members (excludes halogenated alkanes) is 1. The third-order valence-electron chi connectivity index (χ3n) is 6.17. The fourth-order valence-electron chi connectivity index (χ4n) is 4.43. The Morgan fingerprint density at radius 3 is 2.52 bits per heavy atom. The van der Waals surface area contributed by atoms with Crippen molar-refractivity contribution in [3.05, 3.63) is 58.2 Å². The number of nitrogens with zero attached hydrogens (tertiary/aromatic N) is 1. The summed E-state index contributed by atoms with van der Waals surface area (Å²) in [4.78, 5) is 27.8. The number of benzene rings is 2.